The molecular weight excluding hydrogens is 542 g/mol. The fraction of sp³-hybridized carbons (Fsp3) is 0.545. The fourth-order valence-electron chi connectivity index (χ4n) is 6.43. The lowest BCUT2D eigenvalue weighted by Gasteiger charge is -2.41. The van der Waals surface area contributed by atoms with E-state index in [0.29, 0.717) is 58.0 Å². The molecule has 0 aliphatic carbocycles. The van der Waals surface area contributed by atoms with Gasteiger partial charge < -0.3 is 36.0 Å². The van der Waals surface area contributed by atoms with Gasteiger partial charge in [-0.3, -0.25) is 4.79 Å². The van der Waals surface area contributed by atoms with Crippen LogP contribution in [0.2, 0.25) is 0 Å². The van der Waals surface area contributed by atoms with E-state index in [1.54, 1.807) is 4.90 Å². The van der Waals surface area contributed by atoms with Gasteiger partial charge in [0.15, 0.2) is 0 Å². The molecule has 10 nitrogen and oxygen atoms in total. The molecule has 3 aliphatic heterocycles. The van der Waals surface area contributed by atoms with Crippen molar-refractivity contribution in [1.29, 1.82) is 0 Å². The van der Waals surface area contributed by atoms with Crippen LogP contribution in [0.25, 0.3) is 0 Å². The predicted molar refractivity (Wildman–Crippen MR) is 169 cm³/mol. The van der Waals surface area contributed by atoms with Gasteiger partial charge in [-0.1, -0.05) is 36.4 Å². The summed E-state index contributed by atoms with van der Waals surface area (Å²) in [5.74, 6) is -0.0150. The van der Waals surface area contributed by atoms with E-state index in [-0.39, 0.29) is 24.0 Å². The average Bonchev–Trinajstić information content (AvgIpc) is 3.02. The summed E-state index contributed by atoms with van der Waals surface area (Å²) in [5.41, 5.74) is 5.40. The molecule has 3 aliphatic rings. The highest BCUT2D eigenvalue weighted by Crippen LogP contribution is 2.27. The van der Waals surface area contributed by atoms with E-state index in [1.807, 2.05) is 41.1 Å². The Hall–Kier alpha value is -3.63. The van der Waals surface area contributed by atoms with Gasteiger partial charge in [0.05, 0.1) is 0 Å². The van der Waals surface area contributed by atoms with E-state index in [1.165, 1.54) is 11.1 Å². The van der Waals surface area contributed by atoms with Gasteiger partial charge in [-0.05, 0) is 74.9 Å². The first-order valence-corrected chi connectivity index (χ1v) is 15.8. The number of nitrogens with zero attached hydrogens (tertiary/aromatic N) is 3. The van der Waals surface area contributed by atoms with Crippen LogP contribution in [0.4, 0.5) is 15.3 Å². The molecule has 1 unspecified atom stereocenters. The van der Waals surface area contributed by atoms with Crippen LogP contribution >= 0.6 is 0 Å². The highest BCUT2D eigenvalue weighted by Gasteiger charge is 2.35. The van der Waals surface area contributed by atoms with E-state index in [2.05, 4.69) is 53.3 Å². The number of rotatable bonds is 9. The quantitative estimate of drug-likeness (QED) is 0.336. The molecule has 3 heterocycles. The molecule has 43 heavy (non-hydrogen) atoms. The number of carbonyl (C=O) groups excluding carboxylic acids is 3. The summed E-state index contributed by atoms with van der Waals surface area (Å²) in [6.45, 7) is 9.00. The summed E-state index contributed by atoms with van der Waals surface area (Å²) < 4.78 is 0. The topological polar surface area (TPSA) is 109 Å². The normalized spacial score (nSPS) is 18.7. The fourth-order valence-corrected chi connectivity index (χ4v) is 6.43. The van der Waals surface area contributed by atoms with Gasteiger partial charge in [0.2, 0.25) is 5.91 Å². The number of amides is 5. The Morgan fingerprint density at radius 2 is 1.65 bits per heavy atom. The minimum absolute atomic E-state index is 0.0150. The number of likely N-dealkylation sites (N-methyl/N-ethyl adjacent to an activating group) is 1. The van der Waals surface area contributed by atoms with Crippen molar-refractivity contribution in [1.82, 2.24) is 30.7 Å². The molecule has 2 aromatic rings. The maximum atomic E-state index is 13.8. The van der Waals surface area contributed by atoms with Crippen LogP contribution in [0.3, 0.4) is 0 Å². The monoisotopic (exact) mass is 589 g/mol. The van der Waals surface area contributed by atoms with Crippen molar-refractivity contribution in [3.8, 4) is 0 Å². The summed E-state index contributed by atoms with van der Waals surface area (Å²) in [5, 5.41) is 12.8. The average molecular weight is 590 g/mol. The number of piperidine rings is 2. The third-order valence-corrected chi connectivity index (χ3v) is 9.27. The van der Waals surface area contributed by atoms with E-state index in [9.17, 15) is 14.4 Å². The molecule has 0 saturated carbocycles. The number of aryl methyl sites for hydroxylation is 2. The Labute approximate surface area is 255 Å². The molecule has 2 aromatic carbocycles. The van der Waals surface area contributed by atoms with Crippen LogP contribution in [0, 0.1) is 13.8 Å². The minimum atomic E-state index is -0.634. The lowest BCUT2D eigenvalue weighted by Crippen LogP contribution is -2.57. The van der Waals surface area contributed by atoms with Crippen molar-refractivity contribution >= 4 is 23.7 Å². The lowest BCUT2D eigenvalue weighted by molar-refractivity contribution is -0.134. The molecule has 0 bridgehead atoms. The Kier molecular flexibility index (Phi) is 10.2. The predicted octanol–water partition coefficient (Wildman–Crippen LogP) is 3.24. The summed E-state index contributed by atoms with van der Waals surface area (Å²) >= 11 is 0. The molecule has 10 heteroatoms. The van der Waals surface area contributed by atoms with Crippen molar-refractivity contribution in [3.63, 3.8) is 0 Å². The second-order valence-corrected chi connectivity index (χ2v) is 12.2. The SMILES string of the molecule is CNCCNC1CCN(C(=O)C(Cc2ccc(C)c(C)c2)NC(=O)N2CCC(N3Cc4ccccc4NC3=O)CC2)CC1. The van der Waals surface area contributed by atoms with E-state index < -0.39 is 6.04 Å². The molecule has 2 saturated heterocycles. The zero-order valence-corrected chi connectivity index (χ0v) is 25.8. The number of carbonyl (C=O) groups is 3. The molecule has 0 aromatic heterocycles. The molecule has 0 radical (unpaired) electrons. The second-order valence-electron chi connectivity index (χ2n) is 12.2. The maximum Gasteiger partial charge on any atom is 0.322 e. The largest absolute Gasteiger partial charge is 0.341 e. The first kappa shape index (κ1) is 30.8. The number of likely N-dealkylation sites (tertiary alicyclic amines) is 2. The molecule has 1 atom stereocenters. The van der Waals surface area contributed by atoms with Crippen LogP contribution in [-0.2, 0) is 17.8 Å². The summed E-state index contributed by atoms with van der Waals surface area (Å²) in [7, 11) is 1.95. The Bertz CT molecular complexity index is 1290. The van der Waals surface area contributed by atoms with Gasteiger partial charge in [0, 0.05) is 70.0 Å². The Balaban J connectivity index is 1.20. The molecule has 5 rings (SSSR count). The molecule has 0 spiro atoms. The number of benzene rings is 2. The van der Waals surface area contributed by atoms with Gasteiger partial charge in [-0.25, -0.2) is 9.59 Å². The van der Waals surface area contributed by atoms with Crippen molar-refractivity contribution in [2.24, 2.45) is 0 Å². The van der Waals surface area contributed by atoms with E-state index in [0.717, 1.165) is 42.7 Å². The minimum Gasteiger partial charge on any atom is -0.341 e. The molecule has 2 fully saturated rings. The first-order valence-electron chi connectivity index (χ1n) is 15.8. The number of fused-ring (bicyclic) bond motifs is 1. The van der Waals surface area contributed by atoms with Gasteiger partial charge >= 0.3 is 12.1 Å². The van der Waals surface area contributed by atoms with Crippen molar-refractivity contribution < 1.29 is 14.4 Å². The third kappa shape index (κ3) is 7.67. The summed E-state index contributed by atoms with van der Waals surface area (Å²) in [6, 6.07) is 13.7. The van der Waals surface area contributed by atoms with Gasteiger partial charge in [-0.2, -0.15) is 0 Å². The molecule has 232 valence electrons. The molecular formula is C33H47N7O3. The highest BCUT2D eigenvalue weighted by molar-refractivity contribution is 5.92. The number of hydrogen-bond acceptors (Lipinski definition) is 5. The van der Waals surface area contributed by atoms with Crippen LogP contribution in [0.1, 0.15) is 47.9 Å². The van der Waals surface area contributed by atoms with Gasteiger partial charge in [0.25, 0.3) is 0 Å². The van der Waals surface area contributed by atoms with Gasteiger partial charge in [-0.15, -0.1) is 0 Å². The number of nitrogens with one attached hydrogen (secondary N) is 4. The van der Waals surface area contributed by atoms with Crippen LogP contribution in [0.15, 0.2) is 42.5 Å². The zero-order chi connectivity index (χ0) is 30.3. The third-order valence-electron chi connectivity index (χ3n) is 9.27. The summed E-state index contributed by atoms with van der Waals surface area (Å²) in [6.07, 6.45) is 3.67. The zero-order valence-electron chi connectivity index (χ0n) is 25.8. The first-order chi connectivity index (χ1) is 20.8. The number of anilines is 1. The summed E-state index contributed by atoms with van der Waals surface area (Å²) in [4.78, 5) is 45.8. The second kappa shape index (κ2) is 14.2. The molecule has 4 N–H and O–H groups in total. The highest BCUT2D eigenvalue weighted by atomic mass is 16.2. The standard InChI is InChI=1S/C33H47N7O3/c1-23-8-9-25(20-24(23)2)21-30(31(41)38-16-10-27(11-17-38)35-15-14-34-3)37-32(42)39-18-12-28(13-19-39)40-22-26-6-4-5-7-29(26)36-33(40)43/h4-9,20,27-28,30,34-35H,10-19,21-22H2,1-3H3,(H,36,43)(H,37,42). The Morgan fingerprint density at radius 1 is 0.930 bits per heavy atom. The van der Waals surface area contributed by atoms with Crippen molar-refractivity contribution in [2.45, 2.75) is 70.6 Å². The lowest BCUT2D eigenvalue weighted by atomic mass is 9.98. The number of urea groups is 2. The van der Waals surface area contributed by atoms with Crippen LogP contribution in [-0.4, -0.2) is 97.1 Å². The van der Waals surface area contributed by atoms with E-state index in [4.69, 9.17) is 0 Å². The van der Waals surface area contributed by atoms with E-state index >= 15 is 0 Å². The maximum absolute atomic E-state index is 13.8. The number of para-hydroxylation sites is 1. The van der Waals surface area contributed by atoms with Gasteiger partial charge in [0.1, 0.15) is 6.04 Å². The van der Waals surface area contributed by atoms with Crippen LogP contribution in [0.5, 0.6) is 0 Å². The van der Waals surface area contributed by atoms with Crippen LogP contribution < -0.4 is 21.3 Å². The molecule has 5 amide bonds. The van der Waals surface area contributed by atoms with Crippen molar-refractivity contribution in [3.05, 3.63) is 64.7 Å². The smallest absolute Gasteiger partial charge is 0.322 e. The Morgan fingerprint density at radius 3 is 2.37 bits per heavy atom. The number of hydrogen-bond donors (Lipinski definition) is 4. The van der Waals surface area contributed by atoms with Crippen molar-refractivity contribution in [2.75, 3.05) is 51.6 Å².